The predicted molar refractivity (Wildman–Crippen MR) is 130 cm³/mol. The first kappa shape index (κ1) is 19.3. The molecule has 2 N–H and O–H groups in total. The van der Waals surface area contributed by atoms with E-state index in [2.05, 4.69) is 76.3 Å². The molecule has 0 spiro atoms. The molecule has 0 aliphatic rings. The number of aromatic nitrogens is 5. The molecule has 0 saturated carbocycles. The molecule has 0 aliphatic carbocycles. The van der Waals surface area contributed by atoms with Crippen LogP contribution in [0.1, 0.15) is 17.4 Å². The number of benzene rings is 1. The van der Waals surface area contributed by atoms with Gasteiger partial charge in [-0.15, -0.1) is 11.3 Å². The Balaban J connectivity index is 1.67. The topological polar surface area (TPSA) is 62.3 Å². The van der Waals surface area contributed by atoms with E-state index in [9.17, 15) is 0 Å². The number of nitrogens with one attached hydrogen (secondary N) is 2. The van der Waals surface area contributed by atoms with E-state index < -0.39 is 0 Å². The minimum atomic E-state index is 0.877. The highest BCUT2D eigenvalue weighted by Crippen LogP contribution is 2.35. The van der Waals surface area contributed by atoms with E-state index in [1.165, 1.54) is 20.7 Å². The van der Waals surface area contributed by atoms with Crippen molar-refractivity contribution in [2.75, 3.05) is 0 Å². The molecule has 154 valence electrons. The second-order valence-corrected chi connectivity index (χ2v) is 8.91. The zero-order valence-corrected chi connectivity index (χ0v) is 18.5. The van der Waals surface area contributed by atoms with Gasteiger partial charge in [-0.3, -0.25) is 9.78 Å². The molecular weight excluding hydrogens is 402 g/mol. The smallest absolute Gasteiger partial charge is 0.116 e. The summed E-state index contributed by atoms with van der Waals surface area (Å²) in [6.45, 7) is 8.39. The molecule has 4 heterocycles. The number of aryl methyl sites for hydroxylation is 2. The van der Waals surface area contributed by atoms with E-state index >= 15 is 0 Å². The molecule has 0 atom stereocenters. The van der Waals surface area contributed by atoms with Crippen molar-refractivity contribution in [3.05, 3.63) is 76.4 Å². The predicted octanol–water partition coefficient (Wildman–Crippen LogP) is 4.62. The second-order valence-electron chi connectivity index (χ2n) is 7.62. The normalized spacial score (nSPS) is 12.9. The third kappa shape index (κ3) is 3.45. The molecule has 0 bridgehead atoms. The zero-order chi connectivity index (χ0) is 21.5. The highest BCUT2D eigenvalue weighted by Gasteiger charge is 2.13. The van der Waals surface area contributed by atoms with Gasteiger partial charge in [-0.2, -0.15) is 10.2 Å². The fraction of sp³-hybridized carbons (Fsp3) is 0.120. The van der Waals surface area contributed by atoms with Crippen LogP contribution in [0, 0.1) is 6.92 Å². The molecule has 31 heavy (non-hydrogen) atoms. The maximum atomic E-state index is 4.63. The zero-order valence-electron chi connectivity index (χ0n) is 17.7. The molecule has 4 aromatic heterocycles. The van der Waals surface area contributed by atoms with Crippen LogP contribution in [0.2, 0.25) is 0 Å². The summed E-state index contributed by atoms with van der Waals surface area (Å²) < 4.78 is 1.78. The van der Waals surface area contributed by atoms with Gasteiger partial charge in [-0.1, -0.05) is 24.8 Å². The van der Waals surface area contributed by atoms with Gasteiger partial charge in [0, 0.05) is 50.2 Å². The SMILES string of the molecule is C=C(/C=c1/c(-c2cc3c(-c4ccc(C)s4)cccc3[nH]2)n[nH]/c1=C/C)c1cnn(C)c1. The van der Waals surface area contributed by atoms with Gasteiger partial charge in [-0.05, 0) is 49.8 Å². The minimum absolute atomic E-state index is 0.877. The summed E-state index contributed by atoms with van der Waals surface area (Å²) in [5, 5.41) is 15.2. The number of hydrogen-bond donors (Lipinski definition) is 2. The molecular formula is C25H23N5S. The number of thiophene rings is 1. The second kappa shape index (κ2) is 7.56. The molecule has 0 amide bonds. The van der Waals surface area contributed by atoms with Crippen LogP contribution in [0.5, 0.6) is 0 Å². The van der Waals surface area contributed by atoms with E-state index in [1.807, 2.05) is 43.8 Å². The summed E-state index contributed by atoms with van der Waals surface area (Å²) in [5.74, 6) is 0. The molecule has 6 heteroatoms. The first-order valence-electron chi connectivity index (χ1n) is 10.1. The van der Waals surface area contributed by atoms with Crippen molar-refractivity contribution in [3.8, 4) is 21.8 Å². The van der Waals surface area contributed by atoms with Gasteiger partial charge in [0.25, 0.3) is 0 Å². The van der Waals surface area contributed by atoms with Crippen molar-refractivity contribution in [1.82, 2.24) is 25.0 Å². The Morgan fingerprint density at radius 1 is 1.23 bits per heavy atom. The number of allylic oxidation sites excluding steroid dienone is 1. The fourth-order valence-electron chi connectivity index (χ4n) is 3.86. The van der Waals surface area contributed by atoms with Crippen LogP contribution >= 0.6 is 11.3 Å². The lowest BCUT2D eigenvalue weighted by atomic mass is 10.1. The largest absolute Gasteiger partial charge is 0.353 e. The summed E-state index contributed by atoms with van der Waals surface area (Å²) in [6.07, 6.45) is 7.89. The monoisotopic (exact) mass is 425 g/mol. The Bertz CT molecular complexity index is 1540. The van der Waals surface area contributed by atoms with Crippen molar-refractivity contribution < 1.29 is 0 Å². The van der Waals surface area contributed by atoms with Crippen LogP contribution < -0.4 is 10.6 Å². The quantitative estimate of drug-likeness (QED) is 0.441. The highest BCUT2D eigenvalue weighted by atomic mass is 32.1. The van der Waals surface area contributed by atoms with E-state index in [0.717, 1.165) is 38.6 Å². The van der Waals surface area contributed by atoms with Crippen LogP contribution in [0.25, 0.3) is 50.5 Å². The van der Waals surface area contributed by atoms with Crippen molar-refractivity contribution in [2.24, 2.45) is 7.05 Å². The maximum Gasteiger partial charge on any atom is 0.116 e. The average molecular weight is 426 g/mol. The molecule has 0 aliphatic heterocycles. The van der Waals surface area contributed by atoms with E-state index in [-0.39, 0.29) is 0 Å². The third-order valence-electron chi connectivity index (χ3n) is 5.44. The summed E-state index contributed by atoms with van der Waals surface area (Å²) in [7, 11) is 1.91. The van der Waals surface area contributed by atoms with Crippen LogP contribution in [-0.2, 0) is 7.05 Å². The average Bonchev–Trinajstić information content (AvgIpc) is 3.53. The van der Waals surface area contributed by atoms with Gasteiger partial charge in [-0.25, -0.2) is 0 Å². The van der Waals surface area contributed by atoms with Crippen LogP contribution in [0.3, 0.4) is 0 Å². The van der Waals surface area contributed by atoms with Crippen molar-refractivity contribution in [2.45, 2.75) is 13.8 Å². The number of fused-ring (bicyclic) bond motifs is 1. The lowest BCUT2D eigenvalue weighted by Gasteiger charge is -1.99. The Kier molecular flexibility index (Phi) is 4.71. The number of nitrogens with zero attached hydrogens (tertiary/aromatic N) is 3. The Labute approximate surface area is 184 Å². The first-order valence-corrected chi connectivity index (χ1v) is 10.9. The van der Waals surface area contributed by atoms with Crippen LogP contribution in [0.4, 0.5) is 0 Å². The van der Waals surface area contributed by atoms with Crippen molar-refractivity contribution >= 4 is 40.0 Å². The summed E-state index contributed by atoms with van der Waals surface area (Å²) >= 11 is 1.81. The van der Waals surface area contributed by atoms with Crippen molar-refractivity contribution in [3.63, 3.8) is 0 Å². The van der Waals surface area contributed by atoms with Gasteiger partial charge in [0.05, 0.1) is 17.2 Å². The number of H-pyrrole nitrogens is 2. The van der Waals surface area contributed by atoms with Gasteiger partial charge in [0.1, 0.15) is 5.69 Å². The molecule has 0 radical (unpaired) electrons. The van der Waals surface area contributed by atoms with Gasteiger partial charge < -0.3 is 4.98 Å². The summed E-state index contributed by atoms with van der Waals surface area (Å²) in [4.78, 5) is 6.15. The Morgan fingerprint density at radius 2 is 2.10 bits per heavy atom. The third-order valence-corrected chi connectivity index (χ3v) is 6.48. The Hall–Kier alpha value is -3.64. The van der Waals surface area contributed by atoms with E-state index in [4.69, 9.17) is 0 Å². The van der Waals surface area contributed by atoms with Gasteiger partial charge in [0.15, 0.2) is 0 Å². The fourth-order valence-corrected chi connectivity index (χ4v) is 4.76. The number of aromatic amines is 2. The van der Waals surface area contributed by atoms with Gasteiger partial charge >= 0.3 is 0 Å². The number of hydrogen-bond acceptors (Lipinski definition) is 3. The lowest BCUT2D eigenvalue weighted by Crippen LogP contribution is -2.23. The van der Waals surface area contributed by atoms with E-state index in [0.29, 0.717) is 0 Å². The molecule has 5 rings (SSSR count). The molecule has 5 aromatic rings. The molecule has 5 nitrogen and oxygen atoms in total. The van der Waals surface area contributed by atoms with Crippen molar-refractivity contribution in [1.29, 1.82) is 0 Å². The van der Waals surface area contributed by atoms with Gasteiger partial charge in [0.2, 0.25) is 0 Å². The maximum absolute atomic E-state index is 4.63. The number of rotatable bonds is 4. The molecule has 0 saturated heterocycles. The molecule has 0 unspecified atom stereocenters. The first-order chi connectivity index (χ1) is 15.0. The Morgan fingerprint density at radius 3 is 2.81 bits per heavy atom. The lowest BCUT2D eigenvalue weighted by molar-refractivity contribution is 0.767. The highest BCUT2D eigenvalue weighted by molar-refractivity contribution is 7.15. The minimum Gasteiger partial charge on any atom is -0.353 e. The summed E-state index contributed by atoms with van der Waals surface area (Å²) in [5.41, 5.74) is 6.07. The van der Waals surface area contributed by atoms with Crippen LogP contribution in [0.15, 0.2) is 55.4 Å². The summed E-state index contributed by atoms with van der Waals surface area (Å²) in [6, 6.07) is 12.9. The molecule has 0 fully saturated rings. The van der Waals surface area contributed by atoms with E-state index in [1.54, 1.807) is 4.68 Å². The molecule has 1 aromatic carbocycles. The van der Waals surface area contributed by atoms with Crippen LogP contribution in [-0.4, -0.2) is 25.0 Å². The standard InChI is InChI=1S/C25H23N5S/c1-5-21-20(11-15(2)17-13-26-30(4)14-17)25(29-28-21)23-12-19-18(7-6-8-22(19)27-23)24-10-9-16(3)31-24/h5-14,27-28H,2H2,1,3-4H3/b20-11+,21-5+.